The number of rotatable bonds is 7. The van der Waals surface area contributed by atoms with Crippen LogP contribution in [0.25, 0.3) is 6.08 Å². The van der Waals surface area contributed by atoms with Crippen molar-refractivity contribution in [2.45, 2.75) is 26.2 Å². The van der Waals surface area contributed by atoms with Gasteiger partial charge in [0.15, 0.2) is 6.61 Å². The molecule has 8 nitrogen and oxygen atoms in total. The second-order valence-corrected chi connectivity index (χ2v) is 7.83. The second kappa shape index (κ2) is 10.3. The summed E-state index contributed by atoms with van der Waals surface area (Å²) in [5.74, 6) is -0.822. The van der Waals surface area contributed by atoms with E-state index in [1.807, 2.05) is 0 Å². The number of benzene rings is 1. The molecule has 0 aromatic heterocycles. The summed E-state index contributed by atoms with van der Waals surface area (Å²) in [6.45, 7) is 2.78. The predicted octanol–water partition coefficient (Wildman–Crippen LogP) is 2.68. The number of carbonyl (C=O) groups excluding carboxylic acids is 4. The van der Waals surface area contributed by atoms with Crippen LogP contribution >= 0.6 is 11.8 Å². The maximum Gasteiger partial charge on any atom is 0.344 e. The van der Waals surface area contributed by atoms with Crippen LogP contribution in [0.2, 0.25) is 0 Å². The molecule has 0 saturated carbocycles. The first kappa shape index (κ1) is 21.9. The molecule has 3 rings (SSSR count). The average Bonchev–Trinajstić information content (AvgIpc) is 3.01. The maximum atomic E-state index is 12.7. The summed E-state index contributed by atoms with van der Waals surface area (Å²) in [6.07, 6.45) is 4.51. The third kappa shape index (κ3) is 5.41. The van der Waals surface area contributed by atoms with E-state index in [2.05, 4.69) is 0 Å². The molecule has 0 radical (unpaired) electrons. The van der Waals surface area contributed by atoms with Crippen LogP contribution in [0.5, 0.6) is 5.75 Å². The minimum atomic E-state index is -0.504. The van der Waals surface area contributed by atoms with Crippen LogP contribution in [0, 0.1) is 0 Å². The number of amides is 3. The van der Waals surface area contributed by atoms with Crippen molar-refractivity contribution < 1.29 is 28.7 Å². The molecule has 2 aliphatic heterocycles. The lowest BCUT2D eigenvalue weighted by Gasteiger charge is -2.27. The number of para-hydroxylation sites is 1. The Kier molecular flexibility index (Phi) is 7.51. The van der Waals surface area contributed by atoms with E-state index in [0.29, 0.717) is 24.4 Å². The predicted molar refractivity (Wildman–Crippen MR) is 112 cm³/mol. The number of hydrogen-bond donors (Lipinski definition) is 0. The van der Waals surface area contributed by atoms with E-state index in [0.717, 1.165) is 35.9 Å². The molecule has 0 spiro atoms. The van der Waals surface area contributed by atoms with Gasteiger partial charge < -0.3 is 14.4 Å². The van der Waals surface area contributed by atoms with Crippen molar-refractivity contribution in [2.75, 3.05) is 32.8 Å². The molecule has 160 valence electrons. The molecule has 0 atom stereocenters. The van der Waals surface area contributed by atoms with Crippen LogP contribution in [-0.4, -0.2) is 65.7 Å². The van der Waals surface area contributed by atoms with Gasteiger partial charge in [-0.3, -0.25) is 19.3 Å². The highest BCUT2D eigenvalue weighted by Gasteiger charge is 2.37. The summed E-state index contributed by atoms with van der Waals surface area (Å²) in [5.41, 5.74) is 0.551. The quantitative estimate of drug-likeness (QED) is 0.483. The number of thioether (sulfide) groups is 1. The monoisotopic (exact) mass is 432 g/mol. The van der Waals surface area contributed by atoms with Crippen molar-refractivity contribution in [3.8, 4) is 5.75 Å². The van der Waals surface area contributed by atoms with Crippen LogP contribution in [0.1, 0.15) is 31.7 Å². The fourth-order valence-electron chi connectivity index (χ4n) is 3.23. The average molecular weight is 432 g/mol. The minimum Gasteiger partial charge on any atom is -0.481 e. The van der Waals surface area contributed by atoms with Gasteiger partial charge in [0, 0.05) is 18.7 Å². The molecule has 1 aromatic carbocycles. The Morgan fingerprint density at radius 1 is 1.13 bits per heavy atom. The zero-order valence-electron chi connectivity index (χ0n) is 16.8. The molecule has 9 heteroatoms. The third-order valence-electron chi connectivity index (χ3n) is 4.73. The lowest BCUT2D eigenvalue weighted by atomic mass is 10.1. The topological polar surface area (TPSA) is 93.2 Å². The van der Waals surface area contributed by atoms with E-state index in [4.69, 9.17) is 9.47 Å². The molecule has 2 fully saturated rings. The summed E-state index contributed by atoms with van der Waals surface area (Å²) < 4.78 is 10.3. The van der Waals surface area contributed by atoms with E-state index in [1.54, 1.807) is 36.1 Å². The zero-order chi connectivity index (χ0) is 21.5. The molecule has 0 aliphatic carbocycles. The SMILES string of the molecule is CCOC(=O)COc1ccccc1/C=C1\SC(=O)N(CC(=O)N2CCCCC2)C1=O. The van der Waals surface area contributed by atoms with Gasteiger partial charge in [0.2, 0.25) is 5.91 Å². The van der Waals surface area contributed by atoms with Gasteiger partial charge >= 0.3 is 5.97 Å². The molecule has 2 aliphatic rings. The normalized spacial score (nSPS) is 18.1. The van der Waals surface area contributed by atoms with Gasteiger partial charge in [-0.05, 0) is 50.1 Å². The van der Waals surface area contributed by atoms with E-state index < -0.39 is 17.1 Å². The van der Waals surface area contributed by atoms with Gasteiger partial charge in [-0.2, -0.15) is 0 Å². The largest absolute Gasteiger partial charge is 0.481 e. The number of imide groups is 1. The molecular weight excluding hydrogens is 408 g/mol. The highest BCUT2D eigenvalue weighted by Crippen LogP contribution is 2.34. The Morgan fingerprint density at radius 2 is 1.87 bits per heavy atom. The van der Waals surface area contributed by atoms with Gasteiger partial charge in [-0.25, -0.2) is 4.79 Å². The smallest absolute Gasteiger partial charge is 0.344 e. The minimum absolute atomic E-state index is 0.207. The lowest BCUT2D eigenvalue weighted by Crippen LogP contribution is -2.44. The number of likely N-dealkylation sites (tertiary alicyclic amines) is 1. The summed E-state index contributed by atoms with van der Waals surface area (Å²) >= 11 is 0.787. The van der Waals surface area contributed by atoms with Crippen molar-refractivity contribution in [1.29, 1.82) is 0 Å². The van der Waals surface area contributed by atoms with Gasteiger partial charge in [0.05, 0.1) is 11.5 Å². The maximum absolute atomic E-state index is 12.7. The summed E-state index contributed by atoms with van der Waals surface area (Å²) in [7, 11) is 0. The number of nitrogens with zero attached hydrogens (tertiary/aromatic N) is 2. The second-order valence-electron chi connectivity index (χ2n) is 6.84. The van der Waals surface area contributed by atoms with Crippen molar-refractivity contribution >= 4 is 40.9 Å². The molecule has 30 heavy (non-hydrogen) atoms. The van der Waals surface area contributed by atoms with Crippen LogP contribution in [0.3, 0.4) is 0 Å². The number of carbonyl (C=O) groups is 4. The van der Waals surface area contributed by atoms with E-state index in [-0.39, 0.29) is 30.6 Å². The molecule has 0 unspecified atom stereocenters. The fraction of sp³-hybridized carbons (Fsp3) is 0.429. The molecule has 0 N–H and O–H groups in total. The lowest BCUT2D eigenvalue weighted by molar-refractivity contribution is -0.145. The van der Waals surface area contributed by atoms with Crippen molar-refractivity contribution in [2.24, 2.45) is 0 Å². The van der Waals surface area contributed by atoms with Crippen molar-refractivity contribution in [3.63, 3.8) is 0 Å². The van der Waals surface area contributed by atoms with Gasteiger partial charge in [-0.15, -0.1) is 0 Å². The van der Waals surface area contributed by atoms with Crippen molar-refractivity contribution in [3.05, 3.63) is 34.7 Å². The number of hydrogen-bond acceptors (Lipinski definition) is 7. The molecule has 2 heterocycles. The molecule has 3 amide bonds. The Labute approximate surface area is 179 Å². The highest BCUT2D eigenvalue weighted by molar-refractivity contribution is 8.18. The van der Waals surface area contributed by atoms with E-state index in [9.17, 15) is 19.2 Å². The van der Waals surface area contributed by atoms with Crippen molar-refractivity contribution in [1.82, 2.24) is 9.80 Å². The van der Waals surface area contributed by atoms with E-state index in [1.165, 1.54) is 6.08 Å². The van der Waals surface area contributed by atoms with Crippen LogP contribution in [0.4, 0.5) is 4.79 Å². The Balaban J connectivity index is 1.69. The first-order valence-corrected chi connectivity index (χ1v) is 10.7. The Hall–Kier alpha value is -2.81. The van der Waals surface area contributed by atoms with Crippen LogP contribution < -0.4 is 4.74 Å². The first-order chi connectivity index (χ1) is 14.5. The molecule has 2 saturated heterocycles. The zero-order valence-corrected chi connectivity index (χ0v) is 17.6. The Morgan fingerprint density at radius 3 is 2.60 bits per heavy atom. The van der Waals surface area contributed by atoms with E-state index >= 15 is 0 Å². The number of esters is 1. The summed E-state index contributed by atoms with van der Waals surface area (Å²) in [4.78, 5) is 52.0. The van der Waals surface area contributed by atoms with Crippen LogP contribution in [0.15, 0.2) is 29.2 Å². The molecule has 0 bridgehead atoms. The third-order valence-corrected chi connectivity index (χ3v) is 5.64. The van der Waals surface area contributed by atoms with Gasteiger partial charge in [-0.1, -0.05) is 18.2 Å². The summed E-state index contributed by atoms with van der Waals surface area (Å²) in [6, 6.07) is 6.87. The highest BCUT2D eigenvalue weighted by atomic mass is 32.2. The van der Waals surface area contributed by atoms with Crippen LogP contribution in [-0.2, 0) is 19.1 Å². The molecule has 1 aromatic rings. The van der Waals surface area contributed by atoms with Gasteiger partial charge in [0.25, 0.3) is 11.1 Å². The standard InChI is InChI=1S/C21H24N2O6S/c1-2-28-19(25)14-29-16-9-5-4-8-15(16)12-17-20(26)23(21(27)30-17)13-18(24)22-10-6-3-7-11-22/h4-5,8-9,12H,2-3,6-7,10-11,13-14H2,1H3/b17-12-. The number of ether oxygens (including phenoxy) is 2. The van der Waals surface area contributed by atoms with Gasteiger partial charge in [0.1, 0.15) is 12.3 Å². The number of piperidine rings is 1. The molecular formula is C21H24N2O6S. The first-order valence-electron chi connectivity index (χ1n) is 9.90. The Bertz CT molecular complexity index is 863. The summed E-state index contributed by atoms with van der Waals surface area (Å²) in [5, 5.41) is -0.471. The fourth-order valence-corrected chi connectivity index (χ4v) is 4.06.